The molecular weight excluding hydrogens is 487 g/mol. The Kier molecular flexibility index (Phi) is 8.30. The summed E-state index contributed by atoms with van der Waals surface area (Å²) in [6.45, 7) is 3.71. The summed E-state index contributed by atoms with van der Waals surface area (Å²) in [6.07, 6.45) is 1.59. The van der Waals surface area contributed by atoms with E-state index in [1.165, 1.54) is 17.0 Å². The summed E-state index contributed by atoms with van der Waals surface area (Å²) in [4.78, 5) is 23.2. The summed E-state index contributed by atoms with van der Waals surface area (Å²) in [5.41, 5.74) is 2.22. The van der Waals surface area contributed by atoms with Gasteiger partial charge in [-0.05, 0) is 48.9 Å². The van der Waals surface area contributed by atoms with Crippen molar-refractivity contribution in [2.24, 2.45) is 0 Å². The Morgan fingerprint density at radius 2 is 1.89 bits per heavy atom. The van der Waals surface area contributed by atoms with E-state index in [-0.39, 0.29) is 24.4 Å². The van der Waals surface area contributed by atoms with Crippen LogP contribution in [0.15, 0.2) is 60.8 Å². The number of carbonyl (C=O) groups excluding carboxylic acids is 1. The molecule has 4 rings (SSSR count). The van der Waals surface area contributed by atoms with E-state index < -0.39 is 5.60 Å². The molecule has 1 aliphatic rings. The van der Waals surface area contributed by atoms with Crippen molar-refractivity contribution in [1.29, 1.82) is 0 Å². The molecule has 202 valence electrons. The van der Waals surface area contributed by atoms with Crippen LogP contribution in [0.4, 0.5) is 10.1 Å². The quantitative estimate of drug-likeness (QED) is 0.470. The highest BCUT2D eigenvalue weighted by Gasteiger charge is 2.35. The average Bonchev–Trinajstić information content (AvgIpc) is 2.92. The number of anilines is 1. The van der Waals surface area contributed by atoms with Gasteiger partial charge < -0.3 is 24.7 Å². The highest BCUT2D eigenvalue weighted by molar-refractivity contribution is 6.00. The van der Waals surface area contributed by atoms with E-state index in [0.29, 0.717) is 48.7 Å². The lowest BCUT2D eigenvalue weighted by molar-refractivity contribution is 0.00996. The van der Waals surface area contributed by atoms with Gasteiger partial charge in [-0.15, -0.1) is 0 Å². The van der Waals surface area contributed by atoms with Gasteiger partial charge in [0.25, 0.3) is 5.91 Å². The zero-order valence-corrected chi connectivity index (χ0v) is 22.3. The Labute approximate surface area is 222 Å². The van der Waals surface area contributed by atoms with Crippen molar-refractivity contribution in [3.8, 4) is 5.75 Å². The van der Waals surface area contributed by atoms with E-state index in [1.54, 1.807) is 64.7 Å². The summed E-state index contributed by atoms with van der Waals surface area (Å²) >= 11 is 0. The molecule has 2 heterocycles. The predicted molar refractivity (Wildman–Crippen MR) is 144 cm³/mol. The van der Waals surface area contributed by atoms with Crippen LogP contribution >= 0.6 is 0 Å². The smallest absolute Gasteiger partial charge is 0.255 e. The number of piperazine rings is 1. The topological polar surface area (TPSA) is 89.4 Å². The van der Waals surface area contributed by atoms with Gasteiger partial charge in [0.15, 0.2) is 0 Å². The van der Waals surface area contributed by atoms with Crippen LogP contribution in [-0.2, 0) is 12.2 Å². The van der Waals surface area contributed by atoms with Crippen LogP contribution in [-0.4, -0.2) is 78.3 Å². The number of amides is 1. The van der Waals surface area contributed by atoms with E-state index in [1.807, 2.05) is 12.1 Å². The van der Waals surface area contributed by atoms with Gasteiger partial charge >= 0.3 is 0 Å². The first-order valence-electron chi connectivity index (χ1n) is 12.6. The molecule has 1 amide bonds. The first-order chi connectivity index (χ1) is 18.1. The van der Waals surface area contributed by atoms with Crippen LogP contribution in [0.25, 0.3) is 0 Å². The summed E-state index contributed by atoms with van der Waals surface area (Å²) in [6, 6.07) is 15.2. The second-order valence-corrected chi connectivity index (χ2v) is 10.0. The van der Waals surface area contributed by atoms with Crippen LogP contribution in [0.1, 0.15) is 40.1 Å². The number of methoxy groups -OCH3 is 1. The van der Waals surface area contributed by atoms with Crippen LogP contribution in [0.5, 0.6) is 5.75 Å². The molecule has 1 saturated heterocycles. The Bertz CT molecular complexity index is 1250. The SMILES string of the molecule is COc1ccc(N2CCN(C[C@@](C)(O)c3ccc(CO)nc3)C[C@H]2c2ccc(F)cc2)c(C(=O)N(C)C)c1. The van der Waals surface area contributed by atoms with E-state index in [9.17, 15) is 19.4 Å². The van der Waals surface area contributed by atoms with Crippen molar-refractivity contribution in [3.05, 3.63) is 89.0 Å². The molecule has 1 aliphatic heterocycles. The van der Waals surface area contributed by atoms with Crippen molar-refractivity contribution in [2.75, 3.05) is 52.3 Å². The fraction of sp³-hybridized carbons (Fsp3) is 0.379. The molecule has 1 aromatic heterocycles. The maximum Gasteiger partial charge on any atom is 0.255 e. The number of rotatable bonds is 8. The molecule has 0 saturated carbocycles. The van der Waals surface area contributed by atoms with Gasteiger partial charge in [0, 0.05) is 52.0 Å². The molecule has 2 atom stereocenters. The summed E-state index contributed by atoms with van der Waals surface area (Å²) in [5.74, 6) is 0.136. The van der Waals surface area contributed by atoms with Crippen LogP contribution in [0, 0.1) is 5.82 Å². The van der Waals surface area contributed by atoms with Crippen LogP contribution < -0.4 is 9.64 Å². The molecule has 2 N–H and O–H groups in total. The minimum atomic E-state index is -1.18. The summed E-state index contributed by atoms with van der Waals surface area (Å²) < 4.78 is 19.2. The fourth-order valence-electron chi connectivity index (χ4n) is 4.91. The minimum absolute atomic E-state index is 0.138. The van der Waals surface area contributed by atoms with Gasteiger partial charge in [-0.3, -0.25) is 14.7 Å². The Balaban J connectivity index is 1.67. The molecule has 0 spiro atoms. The molecule has 0 bridgehead atoms. The number of carbonyl (C=O) groups is 1. The van der Waals surface area contributed by atoms with Crippen LogP contribution in [0.2, 0.25) is 0 Å². The third-order valence-corrected chi connectivity index (χ3v) is 7.01. The molecule has 0 aliphatic carbocycles. The number of aliphatic hydroxyl groups excluding tert-OH is 1. The largest absolute Gasteiger partial charge is 0.497 e. The lowest BCUT2D eigenvalue weighted by Crippen LogP contribution is -2.52. The van der Waals surface area contributed by atoms with E-state index in [2.05, 4.69) is 14.8 Å². The van der Waals surface area contributed by atoms with E-state index in [0.717, 1.165) is 11.3 Å². The van der Waals surface area contributed by atoms with Gasteiger partial charge in [0.05, 0.1) is 36.7 Å². The molecule has 38 heavy (non-hydrogen) atoms. The number of β-amino-alcohol motifs (C(OH)–C–C–N with tert-alkyl or cyclic N) is 1. The lowest BCUT2D eigenvalue weighted by Gasteiger charge is -2.45. The van der Waals surface area contributed by atoms with E-state index >= 15 is 0 Å². The minimum Gasteiger partial charge on any atom is -0.497 e. The number of hydrogen-bond acceptors (Lipinski definition) is 7. The number of pyridine rings is 1. The third-order valence-electron chi connectivity index (χ3n) is 7.01. The monoisotopic (exact) mass is 522 g/mol. The van der Waals surface area contributed by atoms with Gasteiger partial charge in [0.1, 0.15) is 17.2 Å². The molecule has 8 nitrogen and oxygen atoms in total. The number of hydrogen-bond donors (Lipinski definition) is 2. The highest BCUT2D eigenvalue weighted by atomic mass is 19.1. The van der Waals surface area contributed by atoms with Crippen LogP contribution in [0.3, 0.4) is 0 Å². The van der Waals surface area contributed by atoms with Gasteiger partial charge in [-0.25, -0.2) is 4.39 Å². The zero-order chi connectivity index (χ0) is 27.4. The number of ether oxygens (including phenoxy) is 1. The Morgan fingerprint density at radius 1 is 1.16 bits per heavy atom. The van der Waals surface area contributed by atoms with Gasteiger partial charge in [-0.1, -0.05) is 18.2 Å². The van der Waals surface area contributed by atoms with Gasteiger partial charge in [0.2, 0.25) is 0 Å². The number of nitrogens with zero attached hydrogens (tertiary/aromatic N) is 4. The van der Waals surface area contributed by atoms with Crippen molar-refractivity contribution in [3.63, 3.8) is 0 Å². The molecule has 2 aromatic carbocycles. The first kappa shape index (κ1) is 27.5. The number of aromatic nitrogens is 1. The summed E-state index contributed by atoms with van der Waals surface area (Å²) in [5, 5.41) is 20.6. The number of aliphatic hydroxyl groups is 2. The normalized spacial score (nSPS) is 17.7. The molecule has 9 heteroatoms. The zero-order valence-electron chi connectivity index (χ0n) is 22.3. The highest BCUT2D eigenvalue weighted by Crippen LogP contribution is 2.36. The maximum absolute atomic E-state index is 13.8. The molecule has 1 fully saturated rings. The van der Waals surface area contributed by atoms with Crippen molar-refractivity contribution >= 4 is 11.6 Å². The standard InChI is InChI=1S/C29H35FN4O4/c1-29(37,21-7-10-23(18-35)31-16-21)19-33-13-14-34(27(17-33)20-5-8-22(30)9-6-20)26-12-11-24(38-4)15-25(26)28(36)32(2)3/h5-12,15-16,27,35,37H,13-14,17-19H2,1-4H3/t27-,29+/m0/s1. The van der Waals surface area contributed by atoms with Crippen molar-refractivity contribution in [2.45, 2.75) is 25.2 Å². The average molecular weight is 523 g/mol. The third kappa shape index (κ3) is 5.96. The number of benzene rings is 2. The second kappa shape index (κ2) is 11.5. The van der Waals surface area contributed by atoms with Crippen molar-refractivity contribution < 1.29 is 24.1 Å². The molecular formula is C29H35FN4O4. The van der Waals surface area contributed by atoms with Gasteiger partial charge in [-0.2, -0.15) is 0 Å². The summed E-state index contributed by atoms with van der Waals surface area (Å²) in [7, 11) is 4.99. The second-order valence-electron chi connectivity index (χ2n) is 10.0. The Morgan fingerprint density at radius 3 is 2.50 bits per heavy atom. The Hall–Kier alpha value is -3.53. The maximum atomic E-state index is 13.8. The molecule has 0 radical (unpaired) electrons. The molecule has 0 unspecified atom stereocenters. The fourth-order valence-corrected chi connectivity index (χ4v) is 4.91. The number of halogens is 1. The first-order valence-corrected chi connectivity index (χ1v) is 12.6. The lowest BCUT2D eigenvalue weighted by atomic mass is 9.94. The van der Waals surface area contributed by atoms with E-state index in [4.69, 9.17) is 4.74 Å². The predicted octanol–water partition coefficient (Wildman–Crippen LogP) is 3.19. The van der Waals surface area contributed by atoms with Crippen molar-refractivity contribution in [1.82, 2.24) is 14.8 Å². The molecule has 3 aromatic rings.